The molecule has 0 spiro atoms. The Kier molecular flexibility index (Phi) is 3.65. The summed E-state index contributed by atoms with van der Waals surface area (Å²) in [4.78, 5) is 17.8. The Morgan fingerprint density at radius 1 is 1.18 bits per heavy atom. The minimum absolute atomic E-state index is 0.0463. The first-order valence-corrected chi connectivity index (χ1v) is 9.11. The number of aromatic hydroxyl groups is 1. The van der Waals surface area contributed by atoms with E-state index in [2.05, 4.69) is 11.1 Å². The average Bonchev–Trinajstić information content (AvgIpc) is 3.27. The molecule has 1 unspecified atom stereocenters. The van der Waals surface area contributed by atoms with E-state index in [1.807, 2.05) is 18.2 Å². The van der Waals surface area contributed by atoms with Gasteiger partial charge in [-0.2, -0.15) is 0 Å². The van der Waals surface area contributed by atoms with Crippen LogP contribution in [0, 0.1) is 0 Å². The molecule has 2 aromatic carbocycles. The molecule has 0 aliphatic carbocycles. The van der Waals surface area contributed by atoms with E-state index in [0.717, 1.165) is 28.6 Å². The number of amides is 1. The molecule has 1 saturated heterocycles. The van der Waals surface area contributed by atoms with Gasteiger partial charge in [-0.25, -0.2) is 4.79 Å². The van der Waals surface area contributed by atoms with Gasteiger partial charge in [-0.3, -0.25) is 4.90 Å². The van der Waals surface area contributed by atoms with Crippen LogP contribution >= 0.6 is 0 Å². The number of hydrogen-bond acceptors (Lipinski definition) is 5. The molecule has 7 heteroatoms. The van der Waals surface area contributed by atoms with Crippen molar-refractivity contribution in [1.82, 2.24) is 9.88 Å². The van der Waals surface area contributed by atoms with Crippen molar-refractivity contribution in [3.63, 3.8) is 0 Å². The van der Waals surface area contributed by atoms with Crippen LogP contribution in [0.2, 0.25) is 0 Å². The van der Waals surface area contributed by atoms with E-state index < -0.39 is 0 Å². The maximum atomic E-state index is 12.6. The zero-order valence-electron chi connectivity index (χ0n) is 15.6. The largest absolute Gasteiger partial charge is 0.502 e. The number of phenols is 1. The standard InChI is InChI=1S/C21H20N2O5/c1-26-16-7-11(8-17(27-2)20(16)24)19-18-14(9-12-10-28-21(25)23(12)19)13-5-3-4-6-15(13)22-18/h3-8,12,19,22,24H,9-10H2,1-2H3/t12-,19?/m0/s1. The van der Waals surface area contributed by atoms with E-state index in [1.165, 1.54) is 19.8 Å². The topological polar surface area (TPSA) is 84.0 Å². The Hall–Kier alpha value is -3.35. The van der Waals surface area contributed by atoms with Crippen molar-refractivity contribution in [3.8, 4) is 17.2 Å². The highest BCUT2D eigenvalue weighted by atomic mass is 16.6. The van der Waals surface area contributed by atoms with Gasteiger partial charge in [0.25, 0.3) is 0 Å². The van der Waals surface area contributed by atoms with E-state index in [4.69, 9.17) is 14.2 Å². The molecule has 3 aromatic rings. The van der Waals surface area contributed by atoms with Crippen molar-refractivity contribution in [2.75, 3.05) is 20.8 Å². The van der Waals surface area contributed by atoms with Crippen LogP contribution in [0.1, 0.15) is 22.9 Å². The summed E-state index contributed by atoms with van der Waals surface area (Å²) in [6.45, 7) is 0.362. The molecular weight excluding hydrogens is 360 g/mol. The molecule has 0 saturated carbocycles. The molecule has 5 rings (SSSR count). The molecule has 2 aliphatic rings. The van der Waals surface area contributed by atoms with Crippen LogP contribution in [0.3, 0.4) is 0 Å². The van der Waals surface area contributed by atoms with Crippen molar-refractivity contribution >= 4 is 17.0 Å². The summed E-state index contributed by atoms with van der Waals surface area (Å²) >= 11 is 0. The number of para-hydroxylation sites is 1. The second-order valence-electron chi connectivity index (χ2n) is 7.08. The van der Waals surface area contributed by atoms with Crippen LogP contribution in [0.15, 0.2) is 36.4 Å². The Bertz CT molecular complexity index is 1060. The molecule has 0 bridgehead atoms. The fraction of sp³-hybridized carbons (Fsp3) is 0.286. The number of H-pyrrole nitrogens is 1. The molecule has 2 aliphatic heterocycles. The van der Waals surface area contributed by atoms with Gasteiger partial charge in [-0.1, -0.05) is 18.2 Å². The lowest BCUT2D eigenvalue weighted by molar-refractivity contribution is 0.147. The predicted octanol–water partition coefficient (Wildman–Crippen LogP) is 3.36. The number of cyclic esters (lactones) is 1. The van der Waals surface area contributed by atoms with E-state index >= 15 is 0 Å². The van der Waals surface area contributed by atoms with E-state index in [0.29, 0.717) is 18.1 Å². The molecule has 28 heavy (non-hydrogen) atoms. The Labute approximate surface area is 161 Å². The molecule has 1 amide bonds. The Balaban J connectivity index is 1.76. The van der Waals surface area contributed by atoms with Crippen LogP contribution < -0.4 is 9.47 Å². The third kappa shape index (κ3) is 2.25. The monoisotopic (exact) mass is 380 g/mol. The number of rotatable bonds is 3. The number of phenolic OH excluding ortho intramolecular Hbond substituents is 1. The highest BCUT2D eigenvalue weighted by Crippen LogP contribution is 2.46. The second-order valence-corrected chi connectivity index (χ2v) is 7.08. The molecule has 2 atom stereocenters. The van der Waals surface area contributed by atoms with Gasteiger partial charge in [0.05, 0.1) is 20.3 Å². The first kappa shape index (κ1) is 16.8. The van der Waals surface area contributed by atoms with Gasteiger partial charge in [0, 0.05) is 16.6 Å². The molecule has 2 N–H and O–H groups in total. The van der Waals surface area contributed by atoms with Crippen LogP contribution in [0.25, 0.3) is 10.9 Å². The van der Waals surface area contributed by atoms with Gasteiger partial charge in [0.2, 0.25) is 5.75 Å². The number of benzene rings is 2. The normalized spacial score (nSPS) is 20.6. The third-order valence-corrected chi connectivity index (χ3v) is 5.66. The predicted molar refractivity (Wildman–Crippen MR) is 102 cm³/mol. The fourth-order valence-electron chi connectivity index (χ4n) is 4.39. The van der Waals surface area contributed by atoms with Crippen LogP contribution in [0.4, 0.5) is 4.79 Å². The maximum Gasteiger partial charge on any atom is 0.411 e. The number of hydrogen-bond donors (Lipinski definition) is 2. The molecule has 0 radical (unpaired) electrons. The van der Waals surface area contributed by atoms with Crippen LogP contribution in [0.5, 0.6) is 17.2 Å². The third-order valence-electron chi connectivity index (χ3n) is 5.66. The minimum Gasteiger partial charge on any atom is -0.502 e. The number of ether oxygens (including phenoxy) is 3. The van der Waals surface area contributed by atoms with Gasteiger partial charge in [0.1, 0.15) is 12.6 Å². The number of aromatic amines is 1. The highest BCUT2D eigenvalue weighted by Gasteiger charge is 2.45. The summed E-state index contributed by atoms with van der Waals surface area (Å²) in [5.74, 6) is 0.519. The summed E-state index contributed by atoms with van der Waals surface area (Å²) in [5.41, 5.74) is 3.95. The van der Waals surface area contributed by atoms with Gasteiger partial charge in [0.15, 0.2) is 11.5 Å². The lowest BCUT2D eigenvalue weighted by atomic mass is 9.89. The minimum atomic E-state index is -0.389. The van der Waals surface area contributed by atoms with Crippen LogP contribution in [-0.2, 0) is 11.2 Å². The molecular formula is C21H20N2O5. The second kappa shape index (κ2) is 6.09. The van der Waals surface area contributed by atoms with Gasteiger partial charge >= 0.3 is 6.09 Å². The smallest absolute Gasteiger partial charge is 0.411 e. The van der Waals surface area contributed by atoms with Gasteiger partial charge < -0.3 is 24.3 Å². The highest BCUT2D eigenvalue weighted by molar-refractivity contribution is 5.86. The summed E-state index contributed by atoms with van der Waals surface area (Å²) in [6, 6.07) is 11.2. The number of fused-ring (bicyclic) bond motifs is 4. The van der Waals surface area contributed by atoms with Crippen molar-refractivity contribution in [2.24, 2.45) is 0 Å². The van der Waals surface area contributed by atoms with Crippen molar-refractivity contribution < 1.29 is 24.1 Å². The first-order valence-electron chi connectivity index (χ1n) is 9.11. The summed E-state index contributed by atoms with van der Waals surface area (Å²) in [7, 11) is 2.97. The van der Waals surface area contributed by atoms with E-state index in [1.54, 1.807) is 17.0 Å². The number of carbonyl (C=O) groups is 1. The Morgan fingerprint density at radius 3 is 2.61 bits per heavy atom. The first-order chi connectivity index (χ1) is 13.6. The lowest BCUT2D eigenvalue weighted by Crippen LogP contribution is -2.42. The molecule has 3 heterocycles. The number of aromatic nitrogens is 1. The Morgan fingerprint density at radius 2 is 1.89 bits per heavy atom. The molecule has 144 valence electrons. The van der Waals surface area contributed by atoms with Gasteiger partial charge in [-0.05, 0) is 35.7 Å². The van der Waals surface area contributed by atoms with E-state index in [-0.39, 0.29) is 23.9 Å². The molecule has 1 aromatic heterocycles. The van der Waals surface area contributed by atoms with Crippen LogP contribution in [-0.4, -0.2) is 48.0 Å². The average molecular weight is 380 g/mol. The quantitative estimate of drug-likeness (QED) is 0.728. The van der Waals surface area contributed by atoms with Crippen molar-refractivity contribution in [3.05, 3.63) is 53.2 Å². The van der Waals surface area contributed by atoms with Crippen molar-refractivity contribution in [2.45, 2.75) is 18.5 Å². The SMILES string of the molecule is COc1cc(C2c3[nH]c4ccccc4c3C[C@H]3COC(=O)N23)cc(OC)c1O. The summed E-state index contributed by atoms with van der Waals surface area (Å²) in [6.07, 6.45) is 0.388. The van der Waals surface area contributed by atoms with E-state index in [9.17, 15) is 9.90 Å². The fourth-order valence-corrected chi connectivity index (χ4v) is 4.39. The summed E-state index contributed by atoms with van der Waals surface area (Å²) in [5, 5.41) is 11.4. The van der Waals surface area contributed by atoms with Gasteiger partial charge in [-0.15, -0.1) is 0 Å². The maximum absolute atomic E-state index is 12.6. The molecule has 7 nitrogen and oxygen atoms in total. The lowest BCUT2D eigenvalue weighted by Gasteiger charge is -2.36. The molecule has 1 fully saturated rings. The number of carbonyl (C=O) groups excluding carboxylic acids is 1. The number of nitrogens with zero attached hydrogens (tertiary/aromatic N) is 1. The number of methoxy groups -OCH3 is 2. The van der Waals surface area contributed by atoms with Crippen molar-refractivity contribution in [1.29, 1.82) is 0 Å². The number of nitrogens with one attached hydrogen (secondary N) is 1. The summed E-state index contributed by atoms with van der Waals surface area (Å²) < 4.78 is 16.0. The zero-order valence-corrected chi connectivity index (χ0v) is 15.6. The zero-order chi connectivity index (χ0) is 19.4.